The summed E-state index contributed by atoms with van der Waals surface area (Å²) in [4.78, 5) is 5.91. The molecule has 2 atom stereocenters. The number of aromatic amines is 1. The lowest BCUT2D eigenvalue weighted by Crippen LogP contribution is -2.50. The predicted octanol–water partition coefficient (Wildman–Crippen LogP) is 4.54. The molecule has 3 nitrogen and oxygen atoms in total. The molecule has 2 aliphatic rings. The van der Waals surface area contributed by atoms with Crippen LogP contribution in [-0.2, 0) is 0 Å². The van der Waals surface area contributed by atoms with Crippen LogP contribution in [-0.4, -0.2) is 33.6 Å². The van der Waals surface area contributed by atoms with Gasteiger partial charge in [0.2, 0.25) is 0 Å². The third kappa shape index (κ3) is 2.16. The summed E-state index contributed by atoms with van der Waals surface area (Å²) in [5, 5.41) is 0.795. The summed E-state index contributed by atoms with van der Waals surface area (Å²) in [6.45, 7) is 0. The second-order valence-corrected chi connectivity index (χ2v) is 7.26. The number of hydrogen-bond donors (Lipinski definition) is 1. The predicted molar refractivity (Wildman–Crippen MR) is 89.6 cm³/mol. The third-order valence-electron chi connectivity index (χ3n) is 5.37. The Labute approximate surface area is 134 Å². The molecule has 5 heteroatoms. The molecule has 0 radical (unpaired) electrons. The normalized spacial score (nSPS) is 29.9. The van der Waals surface area contributed by atoms with Crippen molar-refractivity contribution in [1.82, 2.24) is 14.5 Å². The molecule has 0 spiro atoms. The van der Waals surface area contributed by atoms with Gasteiger partial charge in [-0.2, -0.15) is 0 Å². The number of aromatic nitrogens is 2. The van der Waals surface area contributed by atoms with E-state index < -0.39 is 0 Å². The molecule has 2 aliphatic heterocycles. The average Bonchev–Trinajstić information content (AvgIpc) is 2.76. The van der Waals surface area contributed by atoms with Crippen molar-refractivity contribution in [1.29, 1.82) is 0 Å². The molecule has 2 bridgehead atoms. The second-order valence-electron chi connectivity index (χ2n) is 6.47. The number of benzene rings is 1. The number of hydrogen-bond acceptors (Lipinski definition) is 2. The number of nitrogens with one attached hydrogen (secondary N) is 1. The van der Waals surface area contributed by atoms with Crippen LogP contribution in [0.2, 0.25) is 5.02 Å². The molecule has 2 saturated heterocycles. The van der Waals surface area contributed by atoms with Crippen LogP contribution < -0.4 is 0 Å². The van der Waals surface area contributed by atoms with Crippen molar-refractivity contribution in [2.45, 2.75) is 50.2 Å². The molecule has 0 amide bonds. The smallest absolute Gasteiger partial charge is 0.178 e. The summed E-state index contributed by atoms with van der Waals surface area (Å²) in [5.41, 5.74) is 2.13. The number of piperidine rings is 2. The minimum atomic E-state index is 0.470. The average molecular weight is 322 g/mol. The summed E-state index contributed by atoms with van der Waals surface area (Å²) in [6, 6.07) is 7.84. The molecule has 4 rings (SSSR count). The molecule has 112 valence electrons. The maximum absolute atomic E-state index is 6.45. The highest BCUT2D eigenvalue weighted by Gasteiger charge is 2.37. The van der Waals surface area contributed by atoms with Gasteiger partial charge in [0.25, 0.3) is 0 Å². The Hall–Kier alpha value is -0.840. The summed E-state index contributed by atoms with van der Waals surface area (Å²) in [6.07, 6.45) is 6.35. The van der Waals surface area contributed by atoms with E-state index in [2.05, 4.69) is 27.6 Å². The molecular weight excluding hydrogens is 302 g/mol. The highest BCUT2D eigenvalue weighted by molar-refractivity contribution is 7.71. The zero-order chi connectivity index (χ0) is 14.6. The molecule has 0 saturated carbocycles. The summed E-state index contributed by atoms with van der Waals surface area (Å²) in [5.74, 6) is 0. The van der Waals surface area contributed by atoms with Crippen LogP contribution in [0.1, 0.15) is 38.1 Å². The Kier molecular flexibility index (Phi) is 3.36. The Morgan fingerprint density at radius 3 is 2.62 bits per heavy atom. The first-order chi connectivity index (χ1) is 10.1. The van der Waals surface area contributed by atoms with E-state index in [9.17, 15) is 0 Å². The highest BCUT2D eigenvalue weighted by Crippen LogP contribution is 2.40. The van der Waals surface area contributed by atoms with Crippen molar-refractivity contribution in [2.24, 2.45) is 0 Å². The van der Waals surface area contributed by atoms with Gasteiger partial charge in [-0.15, -0.1) is 0 Å². The van der Waals surface area contributed by atoms with Gasteiger partial charge in [-0.1, -0.05) is 24.1 Å². The lowest BCUT2D eigenvalue weighted by atomic mass is 9.82. The zero-order valence-corrected chi connectivity index (χ0v) is 13.8. The number of imidazole rings is 1. The van der Waals surface area contributed by atoms with Gasteiger partial charge in [0.05, 0.1) is 16.1 Å². The monoisotopic (exact) mass is 321 g/mol. The minimum Gasteiger partial charge on any atom is -0.331 e. The van der Waals surface area contributed by atoms with E-state index in [4.69, 9.17) is 23.8 Å². The van der Waals surface area contributed by atoms with Crippen LogP contribution in [0.5, 0.6) is 0 Å². The van der Waals surface area contributed by atoms with Crippen molar-refractivity contribution >= 4 is 34.9 Å². The molecule has 1 N–H and O–H groups in total. The van der Waals surface area contributed by atoms with Gasteiger partial charge in [-0.3, -0.25) is 0 Å². The van der Waals surface area contributed by atoms with Crippen LogP contribution in [0.15, 0.2) is 18.2 Å². The minimum absolute atomic E-state index is 0.470. The van der Waals surface area contributed by atoms with Gasteiger partial charge in [0, 0.05) is 18.1 Å². The summed E-state index contributed by atoms with van der Waals surface area (Å²) >= 11 is 12.0. The number of fused-ring (bicyclic) bond motifs is 3. The van der Waals surface area contributed by atoms with Crippen molar-refractivity contribution in [2.75, 3.05) is 7.05 Å². The van der Waals surface area contributed by atoms with Gasteiger partial charge in [0.15, 0.2) is 4.77 Å². The molecular formula is C16H20ClN3S. The quantitative estimate of drug-likeness (QED) is 0.780. The van der Waals surface area contributed by atoms with E-state index in [0.29, 0.717) is 18.1 Å². The largest absolute Gasteiger partial charge is 0.331 e. The van der Waals surface area contributed by atoms with Crippen LogP contribution >= 0.6 is 23.8 Å². The first-order valence-electron chi connectivity index (χ1n) is 7.76. The Morgan fingerprint density at radius 1 is 1.19 bits per heavy atom. The van der Waals surface area contributed by atoms with E-state index in [1.54, 1.807) is 0 Å². The van der Waals surface area contributed by atoms with E-state index in [1.807, 2.05) is 12.1 Å². The van der Waals surface area contributed by atoms with E-state index >= 15 is 0 Å². The van der Waals surface area contributed by atoms with Crippen molar-refractivity contribution < 1.29 is 0 Å². The van der Waals surface area contributed by atoms with E-state index in [0.717, 1.165) is 20.8 Å². The fourth-order valence-corrected chi connectivity index (χ4v) is 4.90. The maximum Gasteiger partial charge on any atom is 0.178 e. The second kappa shape index (κ2) is 5.11. The van der Waals surface area contributed by atoms with Gasteiger partial charge >= 0.3 is 0 Å². The number of rotatable bonds is 1. The summed E-state index contributed by atoms with van der Waals surface area (Å²) < 4.78 is 3.09. The van der Waals surface area contributed by atoms with Crippen molar-refractivity contribution in [3.63, 3.8) is 0 Å². The number of halogens is 1. The van der Waals surface area contributed by atoms with Gasteiger partial charge in [-0.25, -0.2) is 0 Å². The summed E-state index contributed by atoms with van der Waals surface area (Å²) in [7, 11) is 2.28. The van der Waals surface area contributed by atoms with Crippen LogP contribution in [0, 0.1) is 4.77 Å². The lowest BCUT2D eigenvalue weighted by molar-refractivity contribution is 0.0407. The van der Waals surface area contributed by atoms with Crippen molar-refractivity contribution in [3.05, 3.63) is 28.0 Å². The zero-order valence-electron chi connectivity index (χ0n) is 12.2. The van der Waals surface area contributed by atoms with Gasteiger partial charge in [-0.05, 0) is 57.1 Å². The molecule has 1 aromatic carbocycles. The first-order valence-corrected chi connectivity index (χ1v) is 8.54. The Bertz CT molecular complexity index is 721. The third-order valence-corrected chi connectivity index (χ3v) is 5.97. The van der Waals surface area contributed by atoms with E-state index in [-0.39, 0.29) is 0 Å². The van der Waals surface area contributed by atoms with Gasteiger partial charge in [0.1, 0.15) is 0 Å². The topological polar surface area (TPSA) is 24.0 Å². The lowest BCUT2D eigenvalue weighted by Gasteiger charge is -2.47. The maximum atomic E-state index is 6.45. The standard InChI is InChI=1S/C16H20ClN3S/c1-19-10-4-2-5-11(19)9-12(8-10)20-15-13(17)6-3-7-14(15)18-16(20)21/h3,6-7,10-12H,2,4-5,8-9H2,1H3,(H,18,21). The number of H-pyrrole nitrogens is 1. The molecule has 2 aromatic rings. The highest BCUT2D eigenvalue weighted by atomic mass is 35.5. The molecule has 0 aliphatic carbocycles. The molecule has 21 heavy (non-hydrogen) atoms. The SMILES string of the molecule is CN1C2CCCC1CC(n1c(=S)[nH]c3cccc(Cl)c31)C2. The first kappa shape index (κ1) is 13.8. The molecule has 2 unspecified atom stereocenters. The fourth-order valence-electron chi connectivity index (χ4n) is 4.28. The van der Waals surface area contributed by atoms with Crippen LogP contribution in [0.25, 0.3) is 11.0 Å². The fraction of sp³-hybridized carbons (Fsp3) is 0.562. The van der Waals surface area contributed by atoms with Crippen LogP contribution in [0.3, 0.4) is 0 Å². The Morgan fingerprint density at radius 2 is 1.90 bits per heavy atom. The number of nitrogens with zero attached hydrogens (tertiary/aromatic N) is 2. The van der Waals surface area contributed by atoms with Crippen molar-refractivity contribution in [3.8, 4) is 0 Å². The number of para-hydroxylation sites is 1. The molecule has 2 fully saturated rings. The van der Waals surface area contributed by atoms with Crippen LogP contribution in [0.4, 0.5) is 0 Å². The molecule has 3 heterocycles. The van der Waals surface area contributed by atoms with Gasteiger partial charge < -0.3 is 14.5 Å². The van der Waals surface area contributed by atoms with E-state index in [1.165, 1.54) is 32.1 Å². The molecule has 1 aromatic heterocycles. The Balaban J connectivity index is 1.81.